The van der Waals surface area contributed by atoms with Gasteiger partial charge in [0.1, 0.15) is 5.82 Å². The Morgan fingerprint density at radius 3 is 2.48 bits per heavy atom. The van der Waals surface area contributed by atoms with Gasteiger partial charge >= 0.3 is 0 Å². The Balaban J connectivity index is 1.35. The van der Waals surface area contributed by atoms with Gasteiger partial charge in [-0.3, -0.25) is 4.79 Å². The van der Waals surface area contributed by atoms with Crippen molar-refractivity contribution in [2.24, 2.45) is 0 Å². The fourth-order valence-corrected chi connectivity index (χ4v) is 3.60. The Morgan fingerprint density at radius 2 is 1.77 bits per heavy atom. The van der Waals surface area contributed by atoms with Crippen LogP contribution < -0.4 is 9.64 Å². The molecule has 31 heavy (non-hydrogen) atoms. The van der Waals surface area contributed by atoms with Crippen LogP contribution in [-0.2, 0) is 4.79 Å². The van der Waals surface area contributed by atoms with Gasteiger partial charge in [0, 0.05) is 48.5 Å². The molecule has 3 aromatic rings. The number of amides is 1. The summed E-state index contributed by atoms with van der Waals surface area (Å²) < 4.78 is 19.7. The van der Waals surface area contributed by atoms with E-state index in [0.29, 0.717) is 48.6 Å². The normalized spacial score (nSPS) is 13.9. The summed E-state index contributed by atoms with van der Waals surface area (Å²) in [6.07, 6.45) is 0. The first-order valence-corrected chi connectivity index (χ1v) is 10.4. The lowest BCUT2D eigenvalue weighted by Crippen LogP contribution is -2.50. The Bertz CT molecular complexity index is 1070. The van der Waals surface area contributed by atoms with Gasteiger partial charge in [-0.05, 0) is 43.3 Å². The van der Waals surface area contributed by atoms with Crippen LogP contribution in [0.2, 0.25) is 5.02 Å². The molecule has 0 spiro atoms. The van der Waals surface area contributed by atoms with Gasteiger partial charge in [-0.1, -0.05) is 23.7 Å². The molecule has 0 atom stereocenters. The molecule has 0 radical (unpaired) electrons. The van der Waals surface area contributed by atoms with Crippen LogP contribution in [0.15, 0.2) is 54.6 Å². The number of nitrogens with zero attached hydrogens (tertiary/aromatic N) is 4. The van der Waals surface area contributed by atoms with Gasteiger partial charge < -0.3 is 14.5 Å². The molecule has 1 aliphatic rings. The summed E-state index contributed by atoms with van der Waals surface area (Å²) in [6, 6.07) is 15.6. The van der Waals surface area contributed by atoms with Crippen LogP contribution in [0, 0.1) is 12.7 Å². The second-order valence-corrected chi connectivity index (χ2v) is 7.72. The highest BCUT2D eigenvalue weighted by molar-refractivity contribution is 6.30. The van der Waals surface area contributed by atoms with Crippen molar-refractivity contribution in [3.05, 3.63) is 71.1 Å². The molecule has 0 N–H and O–H groups in total. The standard InChI is InChI=1S/C23H22ClFN4O2/c1-16-14-21(27-23(26-16)17-6-8-18(24)9-7-17)31-15-22(30)29-12-10-28(11-13-29)20-5-3-2-4-19(20)25/h2-9,14H,10-13,15H2,1H3. The number of carbonyl (C=O) groups is 1. The summed E-state index contributed by atoms with van der Waals surface area (Å²) >= 11 is 5.94. The van der Waals surface area contributed by atoms with Crippen LogP contribution in [0.25, 0.3) is 11.4 Å². The Hall–Kier alpha value is -3.19. The van der Waals surface area contributed by atoms with E-state index in [1.165, 1.54) is 6.07 Å². The molecule has 0 unspecified atom stereocenters. The van der Waals surface area contributed by atoms with Crippen molar-refractivity contribution in [1.82, 2.24) is 14.9 Å². The summed E-state index contributed by atoms with van der Waals surface area (Å²) in [5.41, 5.74) is 2.12. The molecule has 4 rings (SSSR count). The Labute approximate surface area is 185 Å². The topological polar surface area (TPSA) is 58.6 Å². The summed E-state index contributed by atoms with van der Waals surface area (Å²) in [4.78, 5) is 25.1. The fraction of sp³-hybridized carbons (Fsp3) is 0.261. The number of halogens is 2. The van der Waals surface area contributed by atoms with Crippen LogP contribution in [0.3, 0.4) is 0 Å². The van der Waals surface area contributed by atoms with Crippen molar-refractivity contribution in [2.75, 3.05) is 37.7 Å². The quantitative estimate of drug-likeness (QED) is 0.600. The third-order valence-corrected chi connectivity index (χ3v) is 5.35. The van der Waals surface area contributed by atoms with E-state index in [4.69, 9.17) is 16.3 Å². The first kappa shape index (κ1) is 21.1. The number of ether oxygens (including phenoxy) is 1. The van der Waals surface area contributed by atoms with Gasteiger partial charge in [-0.15, -0.1) is 0 Å². The summed E-state index contributed by atoms with van der Waals surface area (Å²) in [5, 5.41) is 0.633. The minimum atomic E-state index is -0.249. The Morgan fingerprint density at radius 1 is 1.06 bits per heavy atom. The lowest BCUT2D eigenvalue weighted by molar-refractivity contribution is -0.133. The van der Waals surface area contributed by atoms with Crippen LogP contribution in [0.5, 0.6) is 5.88 Å². The predicted molar refractivity (Wildman–Crippen MR) is 118 cm³/mol. The van der Waals surface area contributed by atoms with E-state index in [-0.39, 0.29) is 18.3 Å². The summed E-state index contributed by atoms with van der Waals surface area (Å²) in [5.74, 6) is 0.479. The average Bonchev–Trinajstić information content (AvgIpc) is 2.78. The number of benzene rings is 2. The van der Waals surface area contributed by atoms with Gasteiger partial charge in [0.2, 0.25) is 5.88 Å². The number of carbonyl (C=O) groups excluding carboxylic acids is 1. The SMILES string of the molecule is Cc1cc(OCC(=O)N2CCN(c3ccccc3F)CC2)nc(-c2ccc(Cl)cc2)n1. The van der Waals surface area contributed by atoms with Crippen LogP contribution in [0.1, 0.15) is 5.69 Å². The third-order valence-electron chi connectivity index (χ3n) is 5.10. The third kappa shape index (κ3) is 5.11. The Kier molecular flexibility index (Phi) is 6.32. The predicted octanol–water partition coefficient (Wildman–Crippen LogP) is 3.97. The molecule has 8 heteroatoms. The van der Waals surface area contributed by atoms with Crippen LogP contribution in [-0.4, -0.2) is 53.6 Å². The van der Waals surface area contributed by atoms with Gasteiger partial charge in [0.15, 0.2) is 12.4 Å². The molecule has 1 aromatic heterocycles. The molecular formula is C23H22ClFN4O2. The van der Waals surface area contributed by atoms with Crippen molar-refractivity contribution >= 4 is 23.2 Å². The smallest absolute Gasteiger partial charge is 0.260 e. The molecule has 1 aliphatic heterocycles. The zero-order chi connectivity index (χ0) is 21.8. The molecule has 1 fully saturated rings. The number of rotatable bonds is 5. The van der Waals surface area contributed by atoms with Crippen molar-refractivity contribution in [3.63, 3.8) is 0 Å². The number of aryl methyl sites for hydroxylation is 1. The summed E-state index contributed by atoms with van der Waals surface area (Å²) in [7, 11) is 0. The second-order valence-electron chi connectivity index (χ2n) is 7.29. The number of hydrogen-bond acceptors (Lipinski definition) is 5. The second kappa shape index (κ2) is 9.31. The number of piperazine rings is 1. The van der Waals surface area contributed by atoms with Crippen molar-refractivity contribution in [2.45, 2.75) is 6.92 Å². The van der Waals surface area contributed by atoms with Crippen molar-refractivity contribution in [3.8, 4) is 17.3 Å². The molecule has 0 saturated carbocycles. The lowest BCUT2D eigenvalue weighted by Gasteiger charge is -2.36. The average molecular weight is 441 g/mol. The lowest BCUT2D eigenvalue weighted by atomic mass is 10.2. The van der Waals surface area contributed by atoms with E-state index >= 15 is 0 Å². The van der Waals surface area contributed by atoms with Crippen molar-refractivity contribution in [1.29, 1.82) is 0 Å². The van der Waals surface area contributed by atoms with E-state index in [2.05, 4.69) is 9.97 Å². The minimum absolute atomic E-state index is 0.115. The molecule has 1 saturated heterocycles. The first-order valence-electron chi connectivity index (χ1n) is 10.0. The molecule has 0 bridgehead atoms. The molecule has 1 amide bonds. The van der Waals surface area contributed by atoms with E-state index in [1.807, 2.05) is 30.0 Å². The van der Waals surface area contributed by atoms with Crippen LogP contribution >= 0.6 is 11.6 Å². The van der Waals surface area contributed by atoms with Gasteiger partial charge in [-0.25, -0.2) is 9.37 Å². The molecule has 0 aliphatic carbocycles. The maximum absolute atomic E-state index is 14.0. The molecule has 6 nitrogen and oxygen atoms in total. The van der Waals surface area contributed by atoms with Crippen LogP contribution in [0.4, 0.5) is 10.1 Å². The molecule has 2 aromatic carbocycles. The number of hydrogen-bond donors (Lipinski definition) is 0. The van der Waals surface area contributed by atoms with Gasteiger partial charge in [0.25, 0.3) is 5.91 Å². The summed E-state index contributed by atoms with van der Waals surface area (Å²) in [6.45, 7) is 3.89. The molecule has 160 valence electrons. The monoisotopic (exact) mass is 440 g/mol. The number of aromatic nitrogens is 2. The maximum Gasteiger partial charge on any atom is 0.260 e. The first-order chi connectivity index (χ1) is 15.0. The van der Waals surface area contributed by atoms with E-state index in [9.17, 15) is 9.18 Å². The largest absolute Gasteiger partial charge is 0.467 e. The molecular weight excluding hydrogens is 419 g/mol. The minimum Gasteiger partial charge on any atom is -0.467 e. The van der Waals surface area contributed by atoms with Gasteiger partial charge in [-0.2, -0.15) is 4.98 Å². The highest BCUT2D eigenvalue weighted by Crippen LogP contribution is 2.22. The fourth-order valence-electron chi connectivity index (χ4n) is 3.47. The van der Waals surface area contributed by atoms with Gasteiger partial charge in [0.05, 0.1) is 5.69 Å². The number of para-hydroxylation sites is 1. The zero-order valence-electron chi connectivity index (χ0n) is 17.1. The number of anilines is 1. The molecule has 2 heterocycles. The van der Waals surface area contributed by atoms with Crippen molar-refractivity contribution < 1.29 is 13.9 Å². The maximum atomic E-state index is 14.0. The highest BCUT2D eigenvalue weighted by atomic mass is 35.5. The van der Waals surface area contributed by atoms with E-state index in [0.717, 1.165) is 11.3 Å². The van der Waals surface area contributed by atoms with E-state index < -0.39 is 0 Å². The van der Waals surface area contributed by atoms with E-state index in [1.54, 1.807) is 35.2 Å². The zero-order valence-corrected chi connectivity index (χ0v) is 17.8. The highest BCUT2D eigenvalue weighted by Gasteiger charge is 2.23.